The molecular weight excluding hydrogens is 237 g/mol. The molecule has 0 aliphatic carbocycles. The third kappa shape index (κ3) is 1.19. The van der Waals surface area contributed by atoms with Crippen molar-refractivity contribution in [3.63, 3.8) is 0 Å². The van der Waals surface area contributed by atoms with E-state index < -0.39 is 5.82 Å². The number of imidazole rings is 1. The molecule has 64 valence electrons. The number of fused-ring (bicyclic) bond motifs is 1. The molecule has 0 aliphatic rings. The first-order valence-electron chi connectivity index (χ1n) is 3.44. The van der Waals surface area contributed by atoms with E-state index in [0.717, 1.165) is 6.07 Å². The van der Waals surface area contributed by atoms with E-state index >= 15 is 0 Å². The van der Waals surface area contributed by atoms with Gasteiger partial charge < -0.3 is 0 Å². The van der Waals surface area contributed by atoms with Gasteiger partial charge in [-0.3, -0.25) is 4.40 Å². The summed E-state index contributed by atoms with van der Waals surface area (Å²) in [6.45, 7) is 0. The second-order valence-corrected chi connectivity index (χ2v) is 3.27. The number of pyridine rings is 1. The Morgan fingerprint density at radius 3 is 3.08 bits per heavy atom. The van der Waals surface area contributed by atoms with E-state index in [2.05, 4.69) is 20.9 Å². The number of halogens is 2. The van der Waals surface area contributed by atoms with Crippen LogP contribution in [0.4, 0.5) is 4.39 Å². The average Bonchev–Trinajstić information content (AvgIpc) is 2.47. The predicted molar refractivity (Wildman–Crippen MR) is 47.6 cm³/mol. The summed E-state index contributed by atoms with van der Waals surface area (Å²) in [6, 6.07) is 3.04. The monoisotopic (exact) mass is 239 g/mol. The topological polar surface area (TPSA) is 41.1 Å². The largest absolute Gasteiger partial charge is 0.290 e. The van der Waals surface area contributed by atoms with Gasteiger partial charge in [0.15, 0.2) is 5.65 Å². The first-order chi connectivity index (χ1) is 6.22. The van der Waals surface area contributed by atoms with Crippen molar-refractivity contribution in [3.8, 4) is 6.07 Å². The van der Waals surface area contributed by atoms with Crippen molar-refractivity contribution < 1.29 is 4.39 Å². The van der Waals surface area contributed by atoms with Crippen LogP contribution in [0.5, 0.6) is 0 Å². The smallest absolute Gasteiger partial charge is 0.155 e. The molecule has 2 heterocycles. The number of rotatable bonds is 0. The van der Waals surface area contributed by atoms with E-state index in [0.29, 0.717) is 10.3 Å². The molecule has 3 nitrogen and oxygen atoms in total. The molecule has 0 fully saturated rings. The number of nitriles is 1. The molecule has 2 aromatic heterocycles. The van der Waals surface area contributed by atoms with Gasteiger partial charge in [0.25, 0.3) is 0 Å². The molecule has 0 unspecified atom stereocenters. The van der Waals surface area contributed by atoms with Gasteiger partial charge in [0.2, 0.25) is 0 Å². The van der Waals surface area contributed by atoms with E-state index in [4.69, 9.17) is 5.26 Å². The second-order valence-electron chi connectivity index (χ2n) is 2.46. The van der Waals surface area contributed by atoms with Crippen molar-refractivity contribution >= 4 is 21.6 Å². The van der Waals surface area contributed by atoms with Crippen LogP contribution in [-0.2, 0) is 0 Å². The second kappa shape index (κ2) is 2.82. The van der Waals surface area contributed by atoms with Crippen LogP contribution in [0.1, 0.15) is 5.56 Å². The Kier molecular flexibility index (Phi) is 1.78. The molecule has 2 rings (SSSR count). The summed E-state index contributed by atoms with van der Waals surface area (Å²) in [7, 11) is 0. The Bertz CT molecular complexity index is 512. The molecule has 0 aliphatic heterocycles. The minimum atomic E-state index is -0.456. The maximum Gasteiger partial charge on any atom is 0.155 e. The van der Waals surface area contributed by atoms with Crippen LogP contribution in [0.3, 0.4) is 0 Å². The zero-order valence-corrected chi connectivity index (χ0v) is 7.92. The molecule has 0 aromatic carbocycles. The summed E-state index contributed by atoms with van der Waals surface area (Å²) in [5.74, 6) is -0.456. The molecule has 0 N–H and O–H groups in total. The fourth-order valence-electron chi connectivity index (χ4n) is 1.11. The molecule has 0 saturated carbocycles. The van der Waals surface area contributed by atoms with Gasteiger partial charge in [-0.1, -0.05) is 0 Å². The lowest BCUT2D eigenvalue weighted by atomic mass is 10.3. The number of aromatic nitrogens is 2. The highest BCUT2D eigenvalue weighted by atomic mass is 79.9. The van der Waals surface area contributed by atoms with Crippen molar-refractivity contribution in [1.29, 1.82) is 5.26 Å². The van der Waals surface area contributed by atoms with Gasteiger partial charge in [-0.2, -0.15) is 5.26 Å². The highest BCUT2D eigenvalue weighted by Crippen LogP contribution is 2.16. The molecule has 0 radical (unpaired) electrons. The Labute approximate surface area is 81.6 Å². The van der Waals surface area contributed by atoms with Crippen molar-refractivity contribution in [1.82, 2.24) is 9.38 Å². The minimum Gasteiger partial charge on any atom is -0.290 e. The van der Waals surface area contributed by atoms with Gasteiger partial charge >= 0.3 is 0 Å². The lowest BCUT2D eigenvalue weighted by Crippen LogP contribution is -1.91. The molecule has 0 atom stereocenters. The van der Waals surface area contributed by atoms with Crippen LogP contribution < -0.4 is 0 Å². The van der Waals surface area contributed by atoms with Gasteiger partial charge in [0, 0.05) is 6.20 Å². The molecule has 13 heavy (non-hydrogen) atoms. The molecule has 0 amide bonds. The van der Waals surface area contributed by atoms with E-state index in [1.165, 1.54) is 16.8 Å². The lowest BCUT2D eigenvalue weighted by Gasteiger charge is -1.96. The zero-order valence-electron chi connectivity index (χ0n) is 6.33. The summed E-state index contributed by atoms with van der Waals surface area (Å²) in [5, 5.41) is 8.68. The van der Waals surface area contributed by atoms with E-state index in [1.54, 1.807) is 0 Å². The van der Waals surface area contributed by atoms with Gasteiger partial charge in [0.05, 0.1) is 11.8 Å². The first-order valence-corrected chi connectivity index (χ1v) is 4.24. The molecule has 0 spiro atoms. The van der Waals surface area contributed by atoms with E-state index in [-0.39, 0.29) is 5.56 Å². The summed E-state index contributed by atoms with van der Waals surface area (Å²) < 4.78 is 15.0. The van der Waals surface area contributed by atoms with Crippen LogP contribution in [0.2, 0.25) is 0 Å². The molecular formula is C8H3BrFN3. The van der Waals surface area contributed by atoms with Gasteiger partial charge in [-0.15, -0.1) is 0 Å². The maximum absolute atomic E-state index is 12.9. The minimum absolute atomic E-state index is 0.228. The third-order valence-electron chi connectivity index (χ3n) is 1.65. The van der Waals surface area contributed by atoms with Crippen molar-refractivity contribution in [3.05, 3.63) is 34.4 Å². The summed E-state index contributed by atoms with van der Waals surface area (Å²) in [4.78, 5) is 3.96. The van der Waals surface area contributed by atoms with E-state index in [1.807, 2.05) is 6.07 Å². The van der Waals surface area contributed by atoms with Gasteiger partial charge in [0.1, 0.15) is 16.5 Å². The highest BCUT2D eigenvalue weighted by molar-refractivity contribution is 9.10. The fraction of sp³-hybridized carbons (Fsp3) is 0. The van der Waals surface area contributed by atoms with Gasteiger partial charge in [-0.05, 0) is 22.0 Å². The Balaban J connectivity index is 2.94. The summed E-state index contributed by atoms with van der Waals surface area (Å²) in [5.41, 5.74) is 0.682. The third-order valence-corrected chi connectivity index (χ3v) is 2.23. The van der Waals surface area contributed by atoms with Crippen LogP contribution in [-0.4, -0.2) is 9.38 Å². The SMILES string of the molecule is N#Cc1cc(F)cn2c(Br)cnc12. The number of hydrogen-bond acceptors (Lipinski definition) is 2. The van der Waals surface area contributed by atoms with Crippen molar-refractivity contribution in [2.75, 3.05) is 0 Å². The van der Waals surface area contributed by atoms with Crippen LogP contribution >= 0.6 is 15.9 Å². The number of hydrogen-bond donors (Lipinski definition) is 0. The lowest BCUT2D eigenvalue weighted by molar-refractivity contribution is 0.618. The van der Waals surface area contributed by atoms with Crippen molar-refractivity contribution in [2.45, 2.75) is 0 Å². The summed E-state index contributed by atoms with van der Waals surface area (Å²) in [6.07, 6.45) is 2.79. The highest BCUT2D eigenvalue weighted by Gasteiger charge is 2.07. The summed E-state index contributed by atoms with van der Waals surface area (Å²) >= 11 is 3.19. The number of nitrogens with zero attached hydrogens (tertiary/aromatic N) is 3. The Morgan fingerprint density at radius 2 is 2.38 bits per heavy atom. The molecule has 2 aromatic rings. The predicted octanol–water partition coefficient (Wildman–Crippen LogP) is 2.11. The quantitative estimate of drug-likeness (QED) is 0.707. The Morgan fingerprint density at radius 1 is 1.62 bits per heavy atom. The molecule has 0 bridgehead atoms. The fourth-order valence-corrected chi connectivity index (χ4v) is 1.48. The van der Waals surface area contributed by atoms with Crippen LogP contribution in [0, 0.1) is 17.1 Å². The molecule has 5 heteroatoms. The Hall–Kier alpha value is -1.41. The van der Waals surface area contributed by atoms with Crippen LogP contribution in [0.25, 0.3) is 5.65 Å². The maximum atomic E-state index is 12.9. The standard InChI is InChI=1S/C8H3BrFN3/c9-7-3-12-8-5(2-11)1-6(10)4-13(7)8/h1,3-4H. The first kappa shape index (κ1) is 8.20. The normalized spacial score (nSPS) is 10.2. The molecule has 0 saturated heterocycles. The van der Waals surface area contributed by atoms with Crippen LogP contribution in [0.15, 0.2) is 23.1 Å². The zero-order chi connectivity index (χ0) is 9.42. The van der Waals surface area contributed by atoms with Crippen molar-refractivity contribution in [2.24, 2.45) is 0 Å². The van der Waals surface area contributed by atoms with Gasteiger partial charge in [-0.25, -0.2) is 9.37 Å². The van der Waals surface area contributed by atoms with E-state index in [9.17, 15) is 4.39 Å². The average molecular weight is 240 g/mol.